The minimum absolute atomic E-state index is 0.462. The average Bonchev–Trinajstić information content (AvgIpc) is 2.05. The van der Waals surface area contributed by atoms with E-state index >= 15 is 0 Å². The molecule has 0 radical (unpaired) electrons. The minimum atomic E-state index is -0.462. The zero-order valence-electron chi connectivity index (χ0n) is 6.32. The van der Waals surface area contributed by atoms with E-state index in [9.17, 15) is 4.79 Å². The van der Waals surface area contributed by atoms with Gasteiger partial charge in [-0.2, -0.15) is 0 Å². The Morgan fingerprint density at radius 3 is 2.27 bits per heavy atom. The Morgan fingerprint density at radius 1 is 1.36 bits per heavy atom. The van der Waals surface area contributed by atoms with Gasteiger partial charge in [-0.3, -0.25) is 4.79 Å². The van der Waals surface area contributed by atoms with Gasteiger partial charge in [0.1, 0.15) is 6.29 Å². The number of aldehydes is 1. The molecule has 0 saturated heterocycles. The van der Waals surface area contributed by atoms with Crippen LogP contribution in [0.2, 0.25) is 6.82 Å². The monoisotopic (exact) mass is 148 g/mol. The van der Waals surface area contributed by atoms with E-state index in [2.05, 4.69) is 0 Å². The van der Waals surface area contributed by atoms with Crippen LogP contribution in [0, 0.1) is 0 Å². The van der Waals surface area contributed by atoms with Crippen molar-refractivity contribution >= 4 is 18.7 Å². The smallest absolute Gasteiger partial charge is 0.320 e. The molecule has 0 spiro atoms. The predicted octanol–water partition coefficient (Wildman–Crippen LogP) is 0.320. The van der Waals surface area contributed by atoms with Crippen LogP contribution in [-0.4, -0.2) is 18.2 Å². The van der Waals surface area contributed by atoms with Gasteiger partial charge in [0.15, 0.2) is 0 Å². The molecule has 2 nitrogen and oxygen atoms in total. The number of carbonyl (C=O) groups excluding carboxylic acids is 1. The van der Waals surface area contributed by atoms with Crippen LogP contribution in [0.1, 0.15) is 10.4 Å². The fraction of sp³-hybridized carbons (Fsp3) is 0.125. The van der Waals surface area contributed by atoms with Gasteiger partial charge < -0.3 is 5.02 Å². The quantitative estimate of drug-likeness (QED) is 0.484. The third-order valence-electron chi connectivity index (χ3n) is 1.55. The highest BCUT2D eigenvalue weighted by molar-refractivity contribution is 6.64. The van der Waals surface area contributed by atoms with Crippen molar-refractivity contribution in [1.29, 1.82) is 0 Å². The molecule has 56 valence electrons. The summed E-state index contributed by atoms with van der Waals surface area (Å²) in [5.74, 6) is 0. The van der Waals surface area contributed by atoms with Gasteiger partial charge in [0.25, 0.3) is 0 Å². The first-order valence-electron chi connectivity index (χ1n) is 3.47. The molecular formula is C8H9BO2. The molecule has 0 amide bonds. The summed E-state index contributed by atoms with van der Waals surface area (Å²) < 4.78 is 0. The topological polar surface area (TPSA) is 37.3 Å². The lowest BCUT2D eigenvalue weighted by Crippen LogP contribution is -2.25. The second-order valence-corrected chi connectivity index (χ2v) is 2.46. The van der Waals surface area contributed by atoms with E-state index in [4.69, 9.17) is 5.02 Å². The number of hydrogen-bond donors (Lipinski definition) is 1. The zero-order chi connectivity index (χ0) is 8.27. The Bertz CT molecular complexity index is 241. The van der Waals surface area contributed by atoms with Crippen LogP contribution in [0.15, 0.2) is 24.3 Å². The molecule has 0 unspecified atom stereocenters. The van der Waals surface area contributed by atoms with Crippen LogP contribution in [0.3, 0.4) is 0 Å². The maximum absolute atomic E-state index is 10.2. The largest absolute Gasteiger partial charge is 0.447 e. The van der Waals surface area contributed by atoms with Crippen LogP contribution in [0.5, 0.6) is 0 Å². The summed E-state index contributed by atoms with van der Waals surface area (Å²) in [4.78, 5) is 10.2. The van der Waals surface area contributed by atoms with E-state index in [1.165, 1.54) is 0 Å². The van der Waals surface area contributed by atoms with Gasteiger partial charge in [-0.25, -0.2) is 0 Å². The summed E-state index contributed by atoms with van der Waals surface area (Å²) >= 11 is 0. The number of carbonyl (C=O) groups is 1. The normalized spacial score (nSPS) is 9.27. The Labute approximate surface area is 66.0 Å². The van der Waals surface area contributed by atoms with E-state index in [-0.39, 0.29) is 0 Å². The number of rotatable bonds is 2. The molecule has 1 rings (SSSR count). The summed E-state index contributed by atoms with van der Waals surface area (Å²) in [5.41, 5.74) is 1.46. The lowest BCUT2D eigenvalue weighted by molar-refractivity contribution is 0.112. The van der Waals surface area contributed by atoms with Crippen molar-refractivity contribution in [2.24, 2.45) is 0 Å². The molecule has 1 aromatic rings. The minimum Gasteiger partial charge on any atom is -0.447 e. The van der Waals surface area contributed by atoms with Gasteiger partial charge in [-0.1, -0.05) is 31.1 Å². The zero-order valence-corrected chi connectivity index (χ0v) is 6.32. The lowest BCUT2D eigenvalue weighted by atomic mass is 9.64. The fourth-order valence-corrected chi connectivity index (χ4v) is 0.853. The Morgan fingerprint density at radius 2 is 1.91 bits per heavy atom. The maximum atomic E-state index is 10.2. The third-order valence-corrected chi connectivity index (χ3v) is 1.55. The van der Waals surface area contributed by atoms with E-state index in [0.29, 0.717) is 5.56 Å². The van der Waals surface area contributed by atoms with E-state index in [1.54, 1.807) is 31.1 Å². The van der Waals surface area contributed by atoms with Crippen molar-refractivity contribution in [1.82, 2.24) is 0 Å². The molecular weight excluding hydrogens is 139 g/mol. The molecule has 0 saturated carbocycles. The highest BCUT2D eigenvalue weighted by atomic mass is 16.2. The second kappa shape index (κ2) is 3.35. The molecule has 3 heteroatoms. The third kappa shape index (κ3) is 1.92. The molecule has 1 N–H and O–H groups in total. The van der Waals surface area contributed by atoms with Crippen molar-refractivity contribution in [2.75, 3.05) is 0 Å². The molecule has 0 fully saturated rings. The molecule has 0 aliphatic heterocycles. The van der Waals surface area contributed by atoms with E-state index in [0.717, 1.165) is 11.7 Å². The molecule has 0 aliphatic rings. The van der Waals surface area contributed by atoms with E-state index in [1.807, 2.05) is 0 Å². The van der Waals surface area contributed by atoms with Crippen molar-refractivity contribution in [3.8, 4) is 0 Å². The van der Waals surface area contributed by atoms with Gasteiger partial charge in [0.2, 0.25) is 0 Å². The standard InChI is InChI=1S/C8H9BO2/c1-9(11)8-4-2-7(6-10)3-5-8/h2-6,11H,1H3. The summed E-state index contributed by atoms with van der Waals surface area (Å²) in [6.07, 6.45) is 0.784. The predicted molar refractivity (Wildman–Crippen MR) is 45.3 cm³/mol. The summed E-state index contributed by atoms with van der Waals surface area (Å²) in [6, 6.07) is 6.87. The molecule has 0 aromatic heterocycles. The Balaban J connectivity index is 2.91. The van der Waals surface area contributed by atoms with Crippen molar-refractivity contribution in [3.05, 3.63) is 29.8 Å². The number of hydrogen-bond acceptors (Lipinski definition) is 2. The number of benzene rings is 1. The molecule has 11 heavy (non-hydrogen) atoms. The first-order chi connectivity index (χ1) is 5.24. The van der Waals surface area contributed by atoms with Crippen LogP contribution in [0.4, 0.5) is 0 Å². The summed E-state index contributed by atoms with van der Waals surface area (Å²) in [5, 5.41) is 9.10. The molecule has 0 aliphatic carbocycles. The van der Waals surface area contributed by atoms with Crippen LogP contribution in [-0.2, 0) is 0 Å². The maximum Gasteiger partial charge on any atom is 0.320 e. The molecule has 0 atom stereocenters. The molecule has 0 heterocycles. The van der Waals surface area contributed by atoms with Gasteiger partial charge in [-0.15, -0.1) is 0 Å². The Hall–Kier alpha value is -1.09. The van der Waals surface area contributed by atoms with Gasteiger partial charge in [-0.05, 0) is 5.46 Å². The van der Waals surface area contributed by atoms with Crippen LogP contribution < -0.4 is 5.46 Å². The van der Waals surface area contributed by atoms with Gasteiger partial charge in [0.05, 0.1) is 0 Å². The van der Waals surface area contributed by atoms with Crippen molar-refractivity contribution < 1.29 is 9.82 Å². The second-order valence-electron chi connectivity index (χ2n) is 2.46. The molecule has 1 aromatic carbocycles. The first kappa shape index (κ1) is 8.02. The fourth-order valence-electron chi connectivity index (χ4n) is 0.853. The van der Waals surface area contributed by atoms with Crippen molar-refractivity contribution in [2.45, 2.75) is 6.82 Å². The average molecular weight is 148 g/mol. The Kier molecular flexibility index (Phi) is 2.44. The van der Waals surface area contributed by atoms with Gasteiger partial charge in [0, 0.05) is 5.56 Å². The highest BCUT2D eigenvalue weighted by Crippen LogP contribution is 1.92. The van der Waals surface area contributed by atoms with Crippen LogP contribution in [0.25, 0.3) is 0 Å². The summed E-state index contributed by atoms with van der Waals surface area (Å²) in [7, 11) is 0. The first-order valence-corrected chi connectivity index (χ1v) is 3.47. The highest BCUT2D eigenvalue weighted by Gasteiger charge is 2.04. The molecule has 0 bridgehead atoms. The van der Waals surface area contributed by atoms with E-state index < -0.39 is 6.92 Å². The van der Waals surface area contributed by atoms with Crippen LogP contribution >= 0.6 is 0 Å². The lowest BCUT2D eigenvalue weighted by Gasteiger charge is -1.98. The summed E-state index contributed by atoms with van der Waals surface area (Å²) in [6.45, 7) is 1.23. The van der Waals surface area contributed by atoms with Gasteiger partial charge >= 0.3 is 6.92 Å². The van der Waals surface area contributed by atoms with Crippen molar-refractivity contribution in [3.63, 3.8) is 0 Å². The SMILES string of the molecule is CB(O)c1ccc(C=O)cc1.